The van der Waals surface area contributed by atoms with Gasteiger partial charge in [-0.15, -0.1) is 11.3 Å². The molecule has 0 aliphatic heterocycles. The summed E-state index contributed by atoms with van der Waals surface area (Å²) in [4.78, 5) is 37.2. The van der Waals surface area contributed by atoms with Crippen LogP contribution in [-0.4, -0.2) is 45.8 Å². The number of hydrogen-bond donors (Lipinski definition) is 1. The zero-order valence-corrected chi connectivity index (χ0v) is 17.0. The van der Waals surface area contributed by atoms with Crippen LogP contribution in [0.5, 0.6) is 11.5 Å². The Morgan fingerprint density at radius 3 is 2.29 bits per heavy atom. The number of rotatable bonds is 7. The van der Waals surface area contributed by atoms with Crippen molar-refractivity contribution in [3.63, 3.8) is 0 Å². The van der Waals surface area contributed by atoms with E-state index in [1.54, 1.807) is 13.0 Å². The topological polar surface area (TPSA) is 100 Å². The van der Waals surface area contributed by atoms with E-state index in [1.165, 1.54) is 44.8 Å². The zero-order chi connectivity index (χ0) is 20.8. The van der Waals surface area contributed by atoms with Crippen molar-refractivity contribution in [2.75, 3.05) is 33.3 Å². The van der Waals surface area contributed by atoms with Gasteiger partial charge in [0.2, 0.25) is 0 Å². The molecule has 28 heavy (non-hydrogen) atoms. The monoisotopic (exact) mass is 407 g/mol. The summed E-state index contributed by atoms with van der Waals surface area (Å²) in [6.45, 7) is 3.09. The molecule has 1 aromatic heterocycles. The summed E-state index contributed by atoms with van der Waals surface area (Å²) in [7, 11) is 4.20. The number of amides is 1. The maximum Gasteiger partial charge on any atom is 0.341 e. The van der Waals surface area contributed by atoms with E-state index in [9.17, 15) is 14.4 Å². The van der Waals surface area contributed by atoms with Gasteiger partial charge in [-0.05, 0) is 37.6 Å². The lowest BCUT2D eigenvalue weighted by atomic mass is 10.1. The molecular weight excluding hydrogens is 386 g/mol. The first kappa shape index (κ1) is 21.2. The molecule has 0 radical (unpaired) electrons. The summed E-state index contributed by atoms with van der Waals surface area (Å²) >= 11 is 1.25. The molecule has 0 fully saturated rings. The number of benzene rings is 1. The Morgan fingerprint density at radius 2 is 1.68 bits per heavy atom. The summed E-state index contributed by atoms with van der Waals surface area (Å²) in [5, 5.41) is 2.95. The van der Waals surface area contributed by atoms with Crippen molar-refractivity contribution in [3.8, 4) is 11.5 Å². The molecule has 9 heteroatoms. The Balaban J connectivity index is 2.04. The first-order valence-electron chi connectivity index (χ1n) is 8.19. The SMILES string of the molecule is COC(=O)c1c(NC(=O)COC(=O)c2ccc(OC)c(OC)c2)sc(C)c1C. The molecule has 2 aromatic rings. The largest absolute Gasteiger partial charge is 0.493 e. The van der Waals surface area contributed by atoms with Crippen LogP contribution >= 0.6 is 11.3 Å². The van der Waals surface area contributed by atoms with Crippen molar-refractivity contribution < 1.29 is 33.3 Å². The summed E-state index contributed by atoms with van der Waals surface area (Å²) in [6, 6.07) is 4.53. The quantitative estimate of drug-likeness (QED) is 0.704. The number of carbonyl (C=O) groups is 3. The number of thiophene rings is 1. The van der Waals surface area contributed by atoms with Gasteiger partial charge in [-0.3, -0.25) is 4.79 Å². The van der Waals surface area contributed by atoms with E-state index in [-0.39, 0.29) is 5.56 Å². The molecule has 0 spiro atoms. The molecule has 2 rings (SSSR count). The number of nitrogens with one attached hydrogen (secondary N) is 1. The van der Waals surface area contributed by atoms with Gasteiger partial charge in [0, 0.05) is 4.88 Å². The van der Waals surface area contributed by atoms with Crippen LogP contribution in [0.1, 0.15) is 31.2 Å². The zero-order valence-electron chi connectivity index (χ0n) is 16.2. The van der Waals surface area contributed by atoms with E-state index in [0.717, 1.165) is 10.4 Å². The highest BCUT2D eigenvalue weighted by atomic mass is 32.1. The molecule has 1 heterocycles. The van der Waals surface area contributed by atoms with Gasteiger partial charge < -0.3 is 24.3 Å². The molecule has 0 saturated carbocycles. The molecule has 1 aromatic carbocycles. The molecule has 0 aliphatic carbocycles. The predicted molar refractivity (Wildman–Crippen MR) is 104 cm³/mol. The highest BCUT2D eigenvalue weighted by molar-refractivity contribution is 7.16. The second-order valence-electron chi connectivity index (χ2n) is 5.67. The van der Waals surface area contributed by atoms with Gasteiger partial charge in [-0.25, -0.2) is 9.59 Å². The molecule has 0 aliphatic rings. The van der Waals surface area contributed by atoms with E-state index in [2.05, 4.69) is 5.32 Å². The molecule has 0 atom stereocenters. The van der Waals surface area contributed by atoms with Crippen LogP contribution in [0.3, 0.4) is 0 Å². The first-order valence-corrected chi connectivity index (χ1v) is 9.01. The molecule has 8 nitrogen and oxygen atoms in total. The lowest BCUT2D eigenvalue weighted by molar-refractivity contribution is -0.119. The predicted octanol–water partition coefficient (Wildman–Crippen LogP) is 2.96. The van der Waals surface area contributed by atoms with Crippen LogP contribution in [0.15, 0.2) is 18.2 Å². The van der Waals surface area contributed by atoms with Gasteiger partial charge in [0.05, 0.1) is 32.5 Å². The fourth-order valence-corrected chi connectivity index (χ4v) is 3.47. The van der Waals surface area contributed by atoms with Crippen molar-refractivity contribution in [1.82, 2.24) is 0 Å². The minimum Gasteiger partial charge on any atom is -0.493 e. The maximum atomic E-state index is 12.2. The van der Waals surface area contributed by atoms with Crippen LogP contribution < -0.4 is 14.8 Å². The second kappa shape index (κ2) is 9.23. The van der Waals surface area contributed by atoms with Gasteiger partial charge in [0.1, 0.15) is 5.00 Å². The first-order chi connectivity index (χ1) is 13.3. The summed E-state index contributed by atoms with van der Waals surface area (Å²) < 4.78 is 20.0. The van der Waals surface area contributed by atoms with Crippen molar-refractivity contribution in [2.24, 2.45) is 0 Å². The van der Waals surface area contributed by atoms with Crippen molar-refractivity contribution in [2.45, 2.75) is 13.8 Å². The van der Waals surface area contributed by atoms with Crippen molar-refractivity contribution in [1.29, 1.82) is 0 Å². The van der Waals surface area contributed by atoms with Gasteiger partial charge >= 0.3 is 11.9 Å². The van der Waals surface area contributed by atoms with Crippen molar-refractivity contribution >= 4 is 34.2 Å². The number of aryl methyl sites for hydroxylation is 1. The average Bonchev–Trinajstić information content (AvgIpc) is 2.97. The van der Waals surface area contributed by atoms with Crippen LogP contribution in [0, 0.1) is 13.8 Å². The molecule has 150 valence electrons. The second-order valence-corrected chi connectivity index (χ2v) is 6.90. The smallest absolute Gasteiger partial charge is 0.341 e. The standard InChI is InChI=1S/C19H21NO7S/c1-10-11(2)28-17(16(10)19(23)26-5)20-15(21)9-27-18(22)12-6-7-13(24-3)14(8-12)25-4/h6-8H,9H2,1-5H3,(H,20,21). The number of anilines is 1. The number of methoxy groups -OCH3 is 3. The third-order valence-corrected chi connectivity index (χ3v) is 5.10. The molecule has 0 saturated heterocycles. The molecule has 0 unspecified atom stereocenters. The Labute approximate surface area is 166 Å². The van der Waals surface area contributed by atoms with Gasteiger partial charge in [0.15, 0.2) is 18.1 Å². The van der Waals surface area contributed by atoms with Crippen molar-refractivity contribution in [3.05, 3.63) is 39.8 Å². The fourth-order valence-electron chi connectivity index (χ4n) is 2.40. The summed E-state index contributed by atoms with van der Waals surface area (Å²) in [5.74, 6) is -0.966. The molecular formula is C19H21NO7S. The van der Waals surface area contributed by atoms with Crippen LogP contribution in [0.4, 0.5) is 5.00 Å². The third-order valence-electron chi connectivity index (χ3n) is 3.98. The summed E-state index contributed by atoms with van der Waals surface area (Å²) in [6.07, 6.45) is 0. The van der Waals surface area contributed by atoms with Crippen LogP contribution in [0.25, 0.3) is 0 Å². The van der Waals surface area contributed by atoms with Gasteiger partial charge in [-0.2, -0.15) is 0 Å². The molecule has 1 amide bonds. The van der Waals surface area contributed by atoms with Gasteiger partial charge in [-0.1, -0.05) is 0 Å². The minimum absolute atomic E-state index is 0.212. The Hall–Kier alpha value is -3.07. The van der Waals surface area contributed by atoms with Crippen LogP contribution in [-0.2, 0) is 14.3 Å². The third kappa shape index (κ3) is 4.61. The van der Waals surface area contributed by atoms with E-state index >= 15 is 0 Å². The number of ether oxygens (including phenoxy) is 4. The Morgan fingerprint density at radius 1 is 1.00 bits per heavy atom. The highest BCUT2D eigenvalue weighted by Gasteiger charge is 2.22. The molecule has 0 bridgehead atoms. The molecule has 1 N–H and O–H groups in total. The van der Waals surface area contributed by atoms with E-state index < -0.39 is 24.5 Å². The number of carbonyl (C=O) groups excluding carboxylic acids is 3. The Kier molecular flexibility index (Phi) is 7.00. The minimum atomic E-state index is -0.692. The van der Waals surface area contributed by atoms with E-state index in [0.29, 0.717) is 22.1 Å². The van der Waals surface area contributed by atoms with E-state index in [4.69, 9.17) is 18.9 Å². The number of hydrogen-bond acceptors (Lipinski definition) is 8. The average molecular weight is 407 g/mol. The summed E-state index contributed by atoms with van der Waals surface area (Å²) in [5.41, 5.74) is 1.24. The maximum absolute atomic E-state index is 12.2. The normalized spacial score (nSPS) is 10.2. The lowest BCUT2D eigenvalue weighted by Gasteiger charge is -2.10. The van der Waals surface area contributed by atoms with E-state index in [1.807, 2.05) is 6.92 Å². The Bertz CT molecular complexity index is 904. The van der Waals surface area contributed by atoms with Crippen LogP contribution in [0.2, 0.25) is 0 Å². The highest BCUT2D eigenvalue weighted by Crippen LogP contribution is 2.33. The van der Waals surface area contributed by atoms with Gasteiger partial charge in [0.25, 0.3) is 5.91 Å². The fraction of sp³-hybridized carbons (Fsp3) is 0.316. The lowest BCUT2D eigenvalue weighted by Crippen LogP contribution is -2.21. The number of esters is 2.